The molecular formula is C19H13Cl2N3O4S. The Labute approximate surface area is 181 Å². The summed E-state index contributed by atoms with van der Waals surface area (Å²) in [5.41, 5.74) is 0.620. The van der Waals surface area contributed by atoms with Crippen molar-refractivity contribution in [2.75, 3.05) is 11.9 Å². The van der Waals surface area contributed by atoms with Crippen molar-refractivity contribution in [3.05, 3.63) is 63.6 Å². The Kier molecular flexibility index (Phi) is 6.48. The van der Waals surface area contributed by atoms with Crippen LogP contribution in [-0.2, 0) is 14.4 Å². The van der Waals surface area contributed by atoms with Gasteiger partial charge in [0.2, 0.25) is 0 Å². The van der Waals surface area contributed by atoms with Crippen molar-refractivity contribution in [3.8, 4) is 5.75 Å². The zero-order valence-corrected chi connectivity index (χ0v) is 17.0. The van der Waals surface area contributed by atoms with E-state index in [1.807, 2.05) is 0 Å². The number of hydrogen-bond acceptors (Lipinski definition) is 5. The maximum absolute atomic E-state index is 12.2. The van der Waals surface area contributed by atoms with E-state index in [-0.39, 0.29) is 23.0 Å². The van der Waals surface area contributed by atoms with Crippen LogP contribution in [0.2, 0.25) is 10.0 Å². The Balaban J connectivity index is 1.77. The minimum atomic E-state index is -0.652. The fourth-order valence-corrected chi connectivity index (χ4v) is 2.97. The highest BCUT2D eigenvalue weighted by Gasteiger charge is 2.26. The summed E-state index contributed by atoms with van der Waals surface area (Å²) in [4.78, 5) is 36.2. The molecule has 29 heavy (non-hydrogen) atoms. The lowest BCUT2D eigenvalue weighted by Crippen LogP contribution is -2.51. The molecule has 7 nitrogen and oxygen atoms in total. The monoisotopic (exact) mass is 449 g/mol. The third kappa shape index (κ3) is 5.32. The van der Waals surface area contributed by atoms with E-state index in [0.717, 1.165) is 0 Å². The normalized spacial score (nSPS) is 13.4. The molecule has 3 N–H and O–H groups in total. The second-order valence-electron chi connectivity index (χ2n) is 5.79. The van der Waals surface area contributed by atoms with Crippen LogP contribution in [0.15, 0.2) is 48.0 Å². The van der Waals surface area contributed by atoms with Crippen molar-refractivity contribution in [1.29, 1.82) is 0 Å². The first kappa shape index (κ1) is 20.8. The molecule has 0 aliphatic carbocycles. The number of carbonyl (C=O) groups excluding carboxylic acids is 3. The maximum atomic E-state index is 12.2. The largest absolute Gasteiger partial charge is 0.483 e. The highest BCUT2D eigenvalue weighted by molar-refractivity contribution is 7.80. The summed E-state index contributed by atoms with van der Waals surface area (Å²) in [7, 11) is 0. The molecule has 10 heteroatoms. The number of carbonyl (C=O) groups is 3. The van der Waals surface area contributed by atoms with Gasteiger partial charge in [-0.2, -0.15) is 0 Å². The van der Waals surface area contributed by atoms with Gasteiger partial charge in [-0.1, -0.05) is 35.3 Å². The van der Waals surface area contributed by atoms with Crippen molar-refractivity contribution >= 4 is 70.0 Å². The van der Waals surface area contributed by atoms with Crippen molar-refractivity contribution in [1.82, 2.24) is 10.6 Å². The minimum Gasteiger partial charge on any atom is -0.483 e. The van der Waals surface area contributed by atoms with Crippen LogP contribution < -0.4 is 20.7 Å². The molecular weight excluding hydrogens is 437 g/mol. The quantitative estimate of drug-likeness (QED) is 0.370. The van der Waals surface area contributed by atoms with Gasteiger partial charge in [0.15, 0.2) is 11.7 Å². The second kappa shape index (κ2) is 9.04. The van der Waals surface area contributed by atoms with Crippen molar-refractivity contribution in [2.45, 2.75) is 0 Å². The van der Waals surface area contributed by atoms with E-state index < -0.39 is 17.7 Å². The molecule has 0 saturated carbocycles. The molecule has 148 valence electrons. The molecule has 3 rings (SSSR count). The smallest absolute Gasteiger partial charge is 0.263 e. The Hall–Kier alpha value is -2.94. The summed E-state index contributed by atoms with van der Waals surface area (Å²) in [5.74, 6) is -1.49. The van der Waals surface area contributed by atoms with E-state index in [4.69, 9.17) is 40.2 Å². The molecule has 3 amide bonds. The topological polar surface area (TPSA) is 96.5 Å². The van der Waals surface area contributed by atoms with Crippen LogP contribution in [-0.4, -0.2) is 29.4 Å². The molecule has 2 aromatic carbocycles. The number of nitrogens with one attached hydrogen (secondary N) is 3. The van der Waals surface area contributed by atoms with Gasteiger partial charge < -0.3 is 10.1 Å². The number of amides is 3. The van der Waals surface area contributed by atoms with Gasteiger partial charge in [-0.15, -0.1) is 0 Å². The van der Waals surface area contributed by atoms with Gasteiger partial charge in [0, 0.05) is 10.6 Å². The standard InChI is InChI=1S/C19H13Cl2N3O4S/c20-11-5-6-15(28-9-16(25)22-14-4-2-1-3-13(14)21)10(7-11)8-12-17(26)23-19(29)24-18(12)27/h1-8H,9H2,(H,22,25)(H2,23,24,26,27,29). The lowest BCUT2D eigenvalue weighted by Gasteiger charge is -2.17. The summed E-state index contributed by atoms with van der Waals surface area (Å²) < 4.78 is 5.55. The van der Waals surface area contributed by atoms with E-state index >= 15 is 0 Å². The third-order valence-electron chi connectivity index (χ3n) is 3.72. The number of para-hydroxylation sites is 1. The highest BCUT2D eigenvalue weighted by Crippen LogP contribution is 2.26. The van der Waals surface area contributed by atoms with Crippen LogP contribution in [0.25, 0.3) is 6.08 Å². The number of benzene rings is 2. The Bertz CT molecular complexity index is 1030. The maximum Gasteiger partial charge on any atom is 0.263 e. The van der Waals surface area contributed by atoms with Gasteiger partial charge in [0.25, 0.3) is 17.7 Å². The molecule has 1 fully saturated rings. The molecule has 1 aliphatic heterocycles. The van der Waals surface area contributed by atoms with Crippen LogP contribution in [0.4, 0.5) is 5.69 Å². The highest BCUT2D eigenvalue weighted by atomic mass is 35.5. The van der Waals surface area contributed by atoms with E-state index in [1.54, 1.807) is 30.3 Å². The fourth-order valence-electron chi connectivity index (χ4n) is 2.42. The van der Waals surface area contributed by atoms with Gasteiger partial charge in [0.05, 0.1) is 10.7 Å². The summed E-state index contributed by atoms with van der Waals surface area (Å²) >= 11 is 16.8. The number of rotatable bonds is 5. The molecule has 0 unspecified atom stereocenters. The van der Waals surface area contributed by atoms with Gasteiger partial charge in [-0.3, -0.25) is 25.0 Å². The number of ether oxygens (including phenoxy) is 1. The van der Waals surface area contributed by atoms with Crippen LogP contribution in [0.5, 0.6) is 5.75 Å². The molecule has 1 saturated heterocycles. The summed E-state index contributed by atoms with van der Waals surface area (Å²) in [6.07, 6.45) is 1.31. The first-order valence-electron chi connectivity index (χ1n) is 8.18. The van der Waals surface area contributed by atoms with Crippen molar-refractivity contribution < 1.29 is 19.1 Å². The average Bonchev–Trinajstić information content (AvgIpc) is 2.66. The summed E-state index contributed by atoms with van der Waals surface area (Å²) in [6, 6.07) is 11.4. The zero-order chi connectivity index (χ0) is 21.0. The lowest BCUT2D eigenvalue weighted by atomic mass is 10.1. The molecule has 0 spiro atoms. The molecule has 0 aromatic heterocycles. The van der Waals surface area contributed by atoms with Gasteiger partial charge in [0.1, 0.15) is 11.3 Å². The summed E-state index contributed by atoms with van der Waals surface area (Å²) in [6.45, 7) is -0.328. The average molecular weight is 450 g/mol. The fraction of sp³-hybridized carbons (Fsp3) is 0.0526. The van der Waals surface area contributed by atoms with Gasteiger partial charge in [-0.05, 0) is 48.6 Å². The zero-order valence-electron chi connectivity index (χ0n) is 14.6. The molecule has 0 radical (unpaired) electrons. The predicted octanol–water partition coefficient (Wildman–Crippen LogP) is 2.93. The molecule has 1 heterocycles. The van der Waals surface area contributed by atoms with Crippen LogP contribution >= 0.6 is 35.4 Å². The van der Waals surface area contributed by atoms with E-state index in [2.05, 4.69) is 16.0 Å². The minimum absolute atomic E-state index is 0.0732. The van der Waals surface area contributed by atoms with Crippen LogP contribution in [0.3, 0.4) is 0 Å². The Morgan fingerprint density at radius 2 is 1.79 bits per heavy atom. The number of anilines is 1. The van der Waals surface area contributed by atoms with Crippen molar-refractivity contribution in [3.63, 3.8) is 0 Å². The number of thiocarbonyl (C=S) groups is 1. The first-order valence-corrected chi connectivity index (χ1v) is 9.35. The van der Waals surface area contributed by atoms with Gasteiger partial charge in [-0.25, -0.2) is 0 Å². The lowest BCUT2D eigenvalue weighted by molar-refractivity contribution is -0.123. The SMILES string of the molecule is O=C(COc1ccc(Cl)cc1C=C1C(=O)NC(=S)NC1=O)Nc1ccccc1Cl. The van der Waals surface area contributed by atoms with Crippen molar-refractivity contribution in [2.24, 2.45) is 0 Å². The van der Waals surface area contributed by atoms with Gasteiger partial charge >= 0.3 is 0 Å². The molecule has 0 atom stereocenters. The predicted molar refractivity (Wildman–Crippen MR) is 114 cm³/mol. The summed E-state index contributed by atoms with van der Waals surface area (Å²) in [5, 5.41) is 7.99. The molecule has 0 bridgehead atoms. The second-order valence-corrected chi connectivity index (χ2v) is 7.05. The molecule has 1 aliphatic rings. The Morgan fingerprint density at radius 1 is 1.10 bits per heavy atom. The van der Waals surface area contributed by atoms with E-state index in [0.29, 0.717) is 21.3 Å². The number of hydrogen-bond donors (Lipinski definition) is 3. The third-order valence-corrected chi connectivity index (χ3v) is 4.49. The van der Waals surface area contributed by atoms with E-state index in [1.165, 1.54) is 18.2 Å². The van der Waals surface area contributed by atoms with Crippen LogP contribution in [0.1, 0.15) is 5.56 Å². The molecule has 2 aromatic rings. The van der Waals surface area contributed by atoms with Crippen LogP contribution in [0, 0.1) is 0 Å². The number of halogens is 2. The van der Waals surface area contributed by atoms with E-state index in [9.17, 15) is 14.4 Å². The first-order chi connectivity index (χ1) is 13.8. The Morgan fingerprint density at radius 3 is 2.48 bits per heavy atom.